The molecule has 0 heterocycles. The molecule has 18 heavy (non-hydrogen) atoms. The van der Waals surface area contributed by atoms with E-state index in [4.69, 9.17) is 6.42 Å². The zero-order chi connectivity index (χ0) is 14.0. The SMILES string of the molecule is C#CC(NS(=O)(=O)c1ccc(C)cc1)C(C)(C)C. The lowest BCUT2D eigenvalue weighted by Gasteiger charge is -2.26. The molecule has 0 saturated carbocycles. The highest BCUT2D eigenvalue weighted by Gasteiger charge is 2.27. The number of hydrogen-bond donors (Lipinski definition) is 1. The summed E-state index contributed by atoms with van der Waals surface area (Å²) in [4.78, 5) is 0.234. The molecule has 0 aliphatic carbocycles. The zero-order valence-electron chi connectivity index (χ0n) is 11.2. The molecule has 0 aromatic heterocycles. The fraction of sp³-hybridized carbons (Fsp3) is 0.429. The minimum Gasteiger partial charge on any atom is -0.207 e. The summed E-state index contributed by atoms with van der Waals surface area (Å²) in [5.74, 6) is 2.49. The number of aryl methyl sites for hydroxylation is 1. The molecule has 0 spiro atoms. The highest BCUT2D eigenvalue weighted by molar-refractivity contribution is 7.89. The molecule has 98 valence electrons. The van der Waals surface area contributed by atoms with Gasteiger partial charge >= 0.3 is 0 Å². The Morgan fingerprint density at radius 1 is 1.22 bits per heavy atom. The van der Waals surface area contributed by atoms with Crippen molar-refractivity contribution in [3.05, 3.63) is 29.8 Å². The van der Waals surface area contributed by atoms with Crippen LogP contribution in [0, 0.1) is 24.7 Å². The Morgan fingerprint density at radius 3 is 2.11 bits per heavy atom. The average Bonchev–Trinajstić information content (AvgIpc) is 2.25. The number of rotatable bonds is 3. The summed E-state index contributed by atoms with van der Waals surface area (Å²) in [7, 11) is -3.56. The Balaban J connectivity index is 3.03. The van der Waals surface area contributed by atoms with Gasteiger partial charge in [-0.2, -0.15) is 4.72 Å². The van der Waals surface area contributed by atoms with Crippen molar-refractivity contribution in [2.45, 2.75) is 38.6 Å². The van der Waals surface area contributed by atoms with Gasteiger partial charge in [-0.15, -0.1) is 6.42 Å². The summed E-state index contributed by atoms with van der Waals surface area (Å²) in [5.41, 5.74) is 0.685. The first-order valence-corrected chi connectivity index (χ1v) is 7.20. The number of nitrogens with one attached hydrogen (secondary N) is 1. The minimum absolute atomic E-state index is 0.234. The molecular weight excluding hydrogens is 246 g/mol. The maximum Gasteiger partial charge on any atom is 0.241 e. The number of hydrogen-bond acceptors (Lipinski definition) is 2. The van der Waals surface area contributed by atoms with Crippen LogP contribution in [0.3, 0.4) is 0 Å². The molecule has 1 rings (SSSR count). The Morgan fingerprint density at radius 2 is 1.72 bits per heavy atom. The first-order valence-electron chi connectivity index (χ1n) is 5.72. The highest BCUT2D eigenvalue weighted by Crippen LogP contribution is 2.21. The zero-order valence-corrected chi connectivity index (χ0v) is 12.0. The molecule has 1 atom stereocenters. The van der Waals surface area contributed by atoms with Crippen LogP contribution in [-0.4, -0.2) is 14.5 Å². The normalized spacial score (nSPS) is 13.9. The monoisotopic (exact) mass is 265 g/mol. The summed E-state index contributed by atoms with van der Waals surface area (Å²) in [6.45, 7) is 7.60. The second-order valence-corrected chi connectivity index (χ2v) is 7.11. The molecule has 0 aliphatic heterocycles. The molecule has 0 saturated heterocycles. The van der Waals surface area contributed by atoms with Gasteiger partial charge < -0.3 is 0 Å². The quantitative estimate of drug-likeness (QED) is 0.853. The summed E-state index contributed by atoms with van der Waals surface area (Å²) in [5, 5.41) is 0. The topological polar surface area (TPSA) is 46.2 Å². The van der Waals surface area contributed by atoms with Crippen molar-refractivity contribution in [1.82, 2.24) is 4.72 Å². The Bertz CT molecular complexity index is 545. The predicted octanol–water partition coefficient (Wildman–Crippen LogP) is 2.32. The third-order valence-electron chi connectivity index (χ3n) is 2.64. The van der Waals surface area contributed by atoms with E-state index in [2.05, 4.69) is 10.6 Å². The van der Waals surface area contributed by atoms with Gasteiger partial charge in [0, 0.05) is 0 Å². The van der Waals surface area contributed by atoms with E-state index in [0.717, 1.165) is 5.56 Å². The second kappa shape index (κ2) is 5.13. The van der Waals surface area contributed by atoms with Crippen molar-refractivity contribution in [2.75, 3.05) is 0 Å². The largest absolute Gasteiger partial charge is 0.241 e. The molecule has 1 aromatic carbocycles. The van der Waals surface area contributed by atoms with Gasteiger partial charge in [-0.1, -0.05) is 44.4 Å². The van der Waals surface area contributed by atoms with Crippen LogP contribution < -0.4 is 4.72 Å². The van der Waals surface area contributed by atoms with Gasteiger partial charge in [-0.25, -0.2) is 8.42 Å². The maximum absolute atomic E-state index is 12.2. The van der Waals surface area contributed by atoms with Crippen molar-refractivity contribution in [3.63, 3.8) is 0 Å². The standard InChI is InChI=1S/C14H19NO2S/c1-6-13(14(3,4)5)15-18(16,17)12-9-7-11(2)8-10-12/h1,7-10,13,15H,2-5H3. The van der Waals surface area contributed by atoms with Crippen LogP contribution in [0.15, 0.2) is 29.2 Å². The summed E-state index contributed by atoms with van der Waals surface area (Å²) < 4.78 is 26.9. The van der Waals surface area contributed by atoms with Crippen molar-refractivity contribution >= 4 is 10.0 Å². The minimum atomic E-state index is -3.56. The Hall–Kier alpha value is -1.31. The van der Waals surface area contributed by atoms with Crippen molar-refractivity contribution in [2.24, 2.45) is 5.41 Å². The van der Waals surface area contributed by atoms with E-state index >= 15 is 0 Å². The van der Waals surface area contributed by atoms with Gasteiger partial charge in [-0.3, -0.25) is 0 Å². The van der Waals surface area contributed by atoms with Gasteiger partial charge in [0.05, 0.1) is 10.9 Å². The number of sulfonamides is 1. The first-order chi connectivity index (χ1) is 8.16. The van der Waals surface area contributed by atoms with E-state index in [-0.39, 0.29) is 10.3 Å². The van der Waals surface area contributed by atoms with E-state index in [9.17, 15) is 8.42 Å². The lowest BCUT2D eigenvalue weighted by molar-refractivity contribution is 0.353. The van der Waals surface area contributed by atoms with Gasteiger partial charge in [0.1, 0.15) is 0 Å². The third kappa shape index (κ3) is 3.59. The fourth-order valence-electron chi connectivity index (χ4n) is 1.40. The van der Waals surface area contributed by atoms with Gasteiger partial charge in [0.15, 0.2) is 0 Å². The van der Waals surface area contributed by atoms with Crippen LogP contribution in [0.5, 0.6) is 0 Å². The van der Waals surface area contributed by atoms with Crippen molar-refractivity contribution < 1.29 is 8.42 Å². The number of benzene rings is 1. The molecule has 0 bridgehead atoms. The molecule has 1 aromatic rings. The average molecular weight is 265 g/mol. The fourth-order valence-corrected chi connectivity index (χ4v) is 2.76. The molecular formula is C14H19NO2S. The van der Waals surface area contributed by atoms with Gasteiger partial charge in [-0.05, 0) is 24.5 Å². The molecule has 4 heteroatoms. The first kappa shape index (κ1) is 14.7. The number of terminal acetylenes is 1. The predicted molar refractivity (Wildman–Crippen MR) is 73.6 cm³/mol. The summed E-state index contributed by atoms with van der Waals surface area (Å²) >= 11 is 0. The molecule has 0 radical (unpaired) electrons. The van der Waals surface area contributed by atoms with E-state index in [1.54, 1.807) is 24.3 Å². The maximum atomic E-state index is 12.2. The molecule has 0 fully saturated rings. The van der Waals surface area contributed by atoms with Crippen LogP contribution in [0.1, 0.15) is 26.3 Å². The molecule has 3 nitrogen and oxygen atoms in total. The smallest absolute Gasteiger partial charge is 0.207 e. The highest BCUT2D eigenvalue weighted by atomic mass is 32.2. The van der Waals surface area contributed by atoms with Crippen LogP contribution in [0.2, 0.25) is 0 Å². The van der Waals surface area contributed by atoms with Crippen LogP contribution in [-0.2, 0) is 10.0 Å². The van der Waals surface area contributed by atoms with E-state index < -0.39 is 16.1 Å². The van der Waals surface area contributed by atoms with Crippen molar-refractivity contribution in [1.29, 1.82) is 0 Å². The Kier molecular flexibility index (Phi) is 4.20. The second-order valence-electron chi connectivity index (χ2n) is 5.40. The van der Waals surface area contributed by atoms with Gasteiger partial charge in [0.2, 0.25) is 10.0 Å². The Labute approximate surface area is 110 Å². The van der Waals surface area contributed by atoms with E-state index in [1.165, 1.54) is 0 Å². The lowest BCUT2D eigenvalue weighted by Crippen LogP contribution is -2.42. The molecule has 1 N–H and O–H groups in total. The third-order valence-corrected chi connectivity index (χ3v) is 4.08. The molecule has 0 amide bonds. The summed E-state index contributed by atoms with van der Waals surface area (Å²) in [6, 6.07) is 6.14. The van der Waals surface area contributed by atoms with Crippen LogP contribution in [0.25, 0.3) is 0 Å². The van der Waals surface area contributed by atoms with E-state index in [1.807, 2.05) is 27.7 Å². The van der Waals surface area contributed by atoms with Crippen LogP contribution in [0.4, 0.5) is 0 Å². The molecule has 0 aliphatic rings. The lowest BCUT2D eigenvalue weighted by atomic mass is 9.88. The van der Waals surface area contributed by atoms with Crippen molar-refractivity contribution in [3.8, 4) is 12.3 Å². The molecule has 1 unspecified atom stereocenters. The van der Waals surface area contributed by atoms with Crippen LogP contribution >= 0.6 is 0 Å². The van der Waals surface area contributed by atoms with Gasteiger partial charge in [0.25, 0.3) is 0 Å². The van der Waals surface area contributed by atoms with E-state index in [0.29, 0.717) is 0 Å². The summed E-state index contributed by atoms with van der Waals surface area (Å²) in [6.07, 6.45) is 5.39.